The van der Waals surface area contributed by atoms with Crippen molar-refractivity contribution in [3.63, 3.8) is 0 Å². The molecule has 0 fully saturated rings. The van der Waals surface area contributed by atoms with E-state index in [0.29, 0.717) is 24.5 Å². The molecule has 12 heavy (non-hydrogen) atoms. The van der Waals surface area contributed by atoms with Crippen molar-refractivity contribution < 1.29 is 14.3 Å². The lowest BCUT2D eigenvalue weighted by Crippen LogP contribution is -2.08. The normalized spacial score (nSPS) is 12.0. The fourth-order valence-electron chi connectivity index (χ4n) is 0.708. The first kappa shape index (κ1) is 11.0. The van der Waals surface area contributed by atoms with Gasteiger partial charge in [0.15, 0.2) is 0 Å². The Morgan fingerprint density at radius 3 is 2.00 bits per heavy atom. The number of hydrogen-bond acceptors (Lipinski definition) is 3. The van der Waals surface area contributed by atoms with Gasteiger partial charge in [-0.25, -0.2) is 4.79 Å². The van der Waals surface area contributed by atoms with Crippen LogP contribution in [0, 0.1) is 0 Å². The van der Waals surface area contributed by atoms with Crippen molar-refractivity contribution in [2.45, 2.75) is 27.7 Å². The summed E-state index contributed by atoms with van der Waals surface area (Å²) in [4.78, 5) is 11.1. The van der Waals surface area contributed by atoms with E-state index >= 15 is 0 Å². The lowest BCUT2D eigenvalue weighted by atomic mass is 10.3. The van der Waals surface area contributed by atoms with Crippen LogP contribution in [0.2, 0.25) is 0 Å². The van der Waals surface area contributed by atoms with Gasteiger partial charge in [-0.2, -0.15) is 0 Å². The SMILES string of the molecule is CCOC(=O)C(C)=C(C)OCC. The van der Waals surface area contributed by atoms with Crippen LogP contribution in [0.3, 0.4) is 0 Å². The van der Waals surface area contributed by atoms with Gasteiger partial charge >= 0.3 is 5.97 Å². The van der Waals surface area contributed by atoms with Gasteiger partial charge in [0.2, 0.25) is 0 Å². The molecular weight excluding hydrogens is 156 g/mol. The number of carbonyl (C=O) groups is 1. The highest BCUT2D eigenvalue weighted by Gasteiger charge is 2.08. The molecule has 0 aliphatic carbocycles. The summed E-state index contributed by atoms with van der Waals surface area (Å²) in [7, 11) is 0. The molecule has 0 spiro atoms. The van der Waals surface area contributed by atoms with Gasteiger partial charge in [0.05, 0.1) is 18.8 Å². The minimum atomic E-state index is -0.302. The number of rotatable bonds is 4. The van der Waals surface area contributed by atoms with Crippen molar-refractivity contribution in [2.24, 2.45) is 0 Å². The Morgan fingerprint density at radius 2 is 1.58 bits per heavy atom. The first-order valence-corrected chi connectivity index (χ1v) is 4.10. The van der Waals surface area contributed by atoms with Crippen molar-refractivity contribution >= 4 is 5.97 Å². The predicted octanol–water partition coefficient (Wildman–Crippen LogP) is 1.88. The summed E-state index contributed by atoms with van der Waals surface area (Å²) >= 11 is 0. The van der Waals surface area contributed by atoms with Gasteiger partial charge in [0.25, 0.3) is 0 Å². The molecule has 0 heterocycles. The minimum Gasteiger partial charge on any atom is -0.498 e. The van der Waals surface area contributed by atoms with E-state index in [1.807, 2.05) is 6.92 Å². The number of ether oxygens (including phenoxy) is 2. The average Bonchev–Trinajstić information content (AvgIpc) is 2.04. The Labute approximate surface area is 73.4 Å². The molecule has 3 heteroatoms. The van der Waals surface area contributed by atoms with Crippen LogP contribution in [-0.4, -0.2) is 19.2 Å². The summed E-state index contributed by atoms with van der Waals surface area (Å²) < 4.78 is 9.94. The zero-order chi connectivity index (χ0) is 9.56. The molecule has 0 radical (unpaired) electrons. The number of esters is 1. The van der Waals surface area contributed by atoms with Gasteiger partial charge in [-0.1, -0.05) is 0 Å². The molecule has 0 N–H and O–H groups in total. The van der Waals surface area contributed by atoms with Crippen LogP contribution < -0.4 is 0 Å². The second-order valence-corrected chi connectivity index (χ2v) is 2.33. The third-order valence-corrected chi connectivity index (χ3v) is 1.47. The van der Waals surface area contributed by atoms with Crippen molar-refractivity contribution in [3.8, 4) is 0 Å². The summed E-state index contributed by atoms with van der Waals surface area (Å²) in [6.45, 7) is 8.08. The molecule has 0 amide bonds. The molecule has 0 aliphatic rings. The maximum absolute atomic E-state index is 11.1. The Morgan fingerprint density at radius 1 is 1.08 bits per heavy atom. The monoisotopic (exact) mass is 172 g/mol. The molecule has 0 unspecified atom stereocenters. The third-order valence-electron chi connectivity index (χ3n) is 1.47. The smallest absolute Gasteiger partial charge is 0.337 e. The maximum atomic E-state index is 11.1. The van der Waals surface area contributed by atoms with E-state index in [0.717, 1.165) is 0 Å². The van der Waals surface area contributed by atoms with E-state index in [9.17, 15) is 4.79 Å². The first-order chi connectivity index (χ1) is 5.63. The molecule has 0 aliphatic heterocycles. The van der Waals surface area contributed by atoms with E-state index in [1.165, 1.54) is 0 Å². The van der Waals surface area contributed by atoms with Crippen molar-refractivity contribution in [2.75, 3.05) is 13.2 Å². The van der Waals surface area contributed by atoms with Crippen LogP contribution in [0.1, 0.15) is 27.7 Å². The van der Waals surface area contributed by atoms with Crippen LogP contribution in [0.5, 0.6) is 0 Å². The van der Waals surface area contributed by atoms with Crippen LogP contribution in [0.25, 0.3) is 0 Å². The highest BCUT2D eigenvalue weighted by atomic mass is 16.5. The number of allylic oxidation sites excluding steroid dienone is 1. The van der Waals surface area contributed by atoms with Gasteiger partial charge in [-0.15, -0.1) is 0 Å². The molecule has 0 aromatic rings. The Hall–Kier alpha value is -0.990. The molecule has 0 saturated carbocycles. The van der Waals surface area contributed by atoms with Crippen LogP contribution in [0.4, 0.5) is 0 Å². The largest absolute Gasteiger partial charge is 0.498 e. The molecule has 0 atom stereocenters. The zero-order valence-electron chi connectivity index (χ0n) is 8.14. The quantitative estimate of drug-likeness (QED) is 0.369. The topological polar surface area (TPSA) is 35.5 Å². The van der Waals surface area contributed by atoms with Crippen LogP contribution >= 0.6 is 0 Å². The summed E-state index contributed by atoms with van der Waals surface area (Å²) in [6, 6.07) is 0. The highest BCUT2D eigenvalue weighted by molar-refractivity contribution is 5.88. The zero-order valence-corrected chi connectivity index (χ0v) is 8.14. The second-order valence-electron chi connectivity index (χ2n) is 2.33. The van der Waals surface area contributed by atoms with Crippen LogP contribution in [-0.2, 0) is 14.3 Å². The van der Waals surface area contributed by atoms with Gasteiger partial charge < -0.3 is 9.47 Å². The summed E-state index contributed by atoms with van der Waals surface area (Å²) in [6.07, 6.45) is 0. The lowest BCUT2D eigenvalue weighted by Gasteiger charge is -2.07. The van der Waals surface area contributed by atoms with E-state index < -0.39 is 0 Å². The molecule has 0 aromatic heterocycles. The molecule has 70 valence electrons. The molecule has 0 rings (SSSR count). The highest BCUT2D eigenvalue weighted by Crippen LogP contribution is 2.06. The molecule has 0 saturated heterocycles. The fourth-order valence-corrected chi connectivity index (χ4v) is 0.708. The van der Waals surface area contributed by atoms with Crippen molar-refractivity contribution in [1.29, 1.82) is 0 Å². The van der Waals surface area contributed by atoms with Crippen LogP contribution in [0.15, 0.2) is 11.3 Å². The predicted molar refractivity (Wildman–Crippen MR) is 46.6 cm³/mol. The number of carbonyl (C=O) groups excluding carboxylic acids is 1. The first-order valence-electron chi connectivity index (χ1n) is 4.10. The maximum Gasteiger partial charge on any atom is 0.337 e. The minimum absolute atomic E-state index is 0.302. The molecule has 0 aromatic carbocycles. The third kappa shape index (κ3) is 3.42. The van der Waals surface area contributed by atoms with Crippen molar-refractivity contribution in [1.82, 2.24) is 0 Å². The van der Waals surface area contributed by atoms with Gasteiger partial charge in [0, 0.05) is 0 Å². The van der Waals surface area contributed by atoms with Crippen molar-refractivity contribution in [3.05, 3.63) is 11.3 Å². The Bertz CT molecular complexity index is 182. The fraction of sp³-hybridized carbons (Fsp3) is 0.667. The summed E-state index contributed by atoms with van der Waals surface area (Å²) in [5.74, 6) is 0.333. The second kappa shape index (κ2) is 5.63. The van der Waals surface area contributed by atoms with E-state index in [-0.39, 0.29) is 5.97 Å². The standard InChI is InChI=1S/C9H16O3/c1-5-11-8(4)7(3)9(10)12-6-2/h5-6H2,1-4H3. The summed E-state index contributed by atoms with van der Waals surface area (Å²) in [5, 5.41) is 0. The molecular formula is C9H16O3. The van der Waals surface area contributed by atoms with Gasteiger partial charge in [-0.3, -0.25) is 0 Å². The molecule has 3 nitrogen and oxygen atoms in total. The van der Waals surface area contributed by atoms with E-state index in [1.54, 1.807) is 20.8 Å². The van der Waals surface area contributed by atoms with Gasteiger partial charge in [-0.05, 0) is 27.7 Å². The van der Waals surface area contributed by atoms with E-state index in [4.69, 9.17) is 9.47 Å². The molecule has 0 bridgehead atoms. The summed E-state index contributed by atoms with van der Waals surface area (Å²) in [5.41, 5.74) is 0.540. The average molecular weight is 172 g/mol. The number of hydrogen-bond donors (Lipinski definition) is 0. The van der Waals surface area contributed by atoms with E-state index in [2.05, 4.69) is 0 Å². The Balaban J connectivity index is 4.22. The Kier molecular flexibility index (Phi) is 5.17. The van der Waals surface area contributed by atoms with Gasteiger partial charge in [0.1, 0.15) is 5.76 Å². The lowest BCUT2D eigenvalue weighted by molar-refractivity contribution is -0.138.